The molecule has 4 rings (SSSR count). The number of amides is 1. The van der Waals surface area contributed by atoms with E-state index in [-0.39, 0.29) is 5.91 Å². The van der Waals surface area contributed by atoms with Gasteiger partial charge in [0.2, 0.25) is 15.9 Å². The van der Waals surface area contributed by atoms with E-state index in [0.717, 1.165) is 6.26 Å². The lowest BCUT2D eigenvalue weighted by molar-refractivity contribution is -0.132. The first kappa shape index (κ1) is 23.2. The standard InChI is InChI=1S/C24H31N3O5S/c1-17-6-5-7-21(18(17)2)25-10-12-26(13-11-25)24(28)19(3)27(33(4,29)30)20-8-9-22-23(16-20)32-15-14-31-22/h5-9,16,19H,10-15H2,1-4H3/t19-/m1/s1. The minimum atomic E-state index is -3.71. The van der Waals surface area contributed by atoms with E-state index in [9.17, 15) is 13.2 Å². The van der Waals surface area contributed by atoms with Crippen molar-refractivity contribution in [2.24, 2.45) is 0 Å². The van der Waals surface area contributed by atoms with Gasteiger partial charge >= 0.3 is 0 Å². The summed E-state index contributed by atoms with van der Waals surface area (Å²) in [5, 5.41) is 0. The average molecular weight is 474 g/mol. The molecule has 1 fully saturated rings. The Morgan fingerprint density at radius 3 is 2.33 bits per heavy atom. The Morgan fingerprint density at radius 1 is 1.00 bits per heavy atom. The predicted octanol–water partition coefficient (Wildman–Crippen LogP) is 2.58. The lowest BCUT2D eigenvalue weighted by Crippen LogP contribution is -2.55. The fraction of sp³-hybridized carbons (Fsp3) is 0.458. The molecule has 9 heteroatoms. The summed E-state index contributed by atoms with van der Waals surface area (Å²) in [4.78, 5) is 17.4. The third kappa shape index (κ3) is 4.73. The molecule has 0 radical (unpaired) electrons. The zero-order valence-corrected chi connectivity index (χ0v) is 20.4. The molecular weight excluding hydrogens is 442 g/mol. The largest absolute Gasteiger partial charge is 0.486 e. The maximum Gasteiger partial charge on any atom is 0.246 e. The molecule has 2 aromatic rings. The van der Waals surface area contributed by atoms with Crippen molar-refractivity contribution in [3.8, 4) is 11.5 Å². The molecule has 0 bridgehead atoms. The Hall–Kier alpha value is -2.94. The van der Waals surface area contributed by atoms with Gasteiger partial charge in [-0.1, -0.05) is 12.1 Å². The van der Waals surface area contributed by atoms with E-state index in [2.05, 4.69) is 36.9 Å². The number of nitrogens with zero attached hydrogens (tertiary/aromatic N) is 3. The quantitative estimate of drug-likeness (QED) is 0.664. The number of fused-ring (bicyclic) bond motifs is 1. The predicted molar refractivity (Wildman–Crippen MR) is 129 cm³/mol. The van der Waals surface area contributed by atoms with Gasteiger partial charge in [0.15, 0.2) is 11.5 Å². The summed E-state index contributed by atoms with van der Waals surface area (Å²) in [5.74, 6) is 0.838. The van der Waals surface area contributed by atoms with Crippen molar-refractivity contribution < 1.29 is 22.7 Å². The molecule has 33 heavy (non-hydrogen) atoms. The topological polar surface area (TPSA) is 79.4 Å². The third-order valence-corrected chi connectivity index (χ3v) is 7.60. The van der Waals surface area contributed by atoms with Crippen molar-refractivity contribution >= 4 is 27.3 Å². The number of sulfonamides is 1. The van der Waals surface area contributed by atoms with Crippen LogP contribution in [0.1, 0.15) is 18.1 Å². The van der Waals surface area contributed by atoms with Crippen LogP contribution in [0.25, 0.3) is 0 Å². The number of piperazine rings is 1. The van der Waals surface area contributed by atoms with Gasteiger partial charge in [0.05, 0.1) is 11.9 Å². The van der Waals surface area contributed by atoms with Crippen molar-refractivity contribution in [3.05, 3.63) is 47.5 Å². The van der Waals surface area contributed by atoms with Gasteiger partial charge in [0.25, 0.3) is 0 Å². The van der Waals surface area contributed by atoms with E-state index in [1.807, 2.05) is 0 Å². The van der Waals surface area contributed by atoms with Crippen molar-refractivity contribution in [3.63, 3.8) is 0 Å². The summed E-state index contributed by atoms with van der Waals surface area (Å²) in [6, 6.07) is 10.3. The highest BCUT2D eigenvalue weighted by Gasteiger charge is 2.34. The van der Waals surface area contributed by atoms with Gasteiger partial charge in [-0.2, -0.15) is 0 Å². The molecule has 2 aliphatic rings. The summed E-state index contributed by atoms with van der Waals surface area (Å²) in [7, 11) is -3.71. The van der Waals surface area contributed by atoms with E-state index in [0.29, 0.717) is 56.6 Å². The Kier molecular flexibility index (Phi) is 6.43. The number of ether oxygens (including phenoxy) is 2. The monoisotopic (exact) mass is 473 g/mol. The molecule has 1 saturated heterocycles. The second-order valence-electron chi connectivity index (χ2n) is 8.59. The van der Waals surface area contributed by atoms with Gasteiger partial charge in [0, 0.05) is 37.9 Å². The second-order valence-corrected chi connectivity index (χ2v) is 10.5. The van der Waals surface area contributed by atoms with Crippen LogP contribution in [0.2, 0.25) is 0 Å². The number of aryl methyl sites for hydroxylation is 1. The van der Waals surface area contributed by atoms with Gasteiger partial charge in [-0.15, -0.1) is 0 Å². The van der Waals surface area contributed by atoms with Crippen LogP contribution in [0.5, 0.6) is 11.5 Å². The fourth-order valence-electron chi connectivity index (χ4n) is 4.48. The number of benzene rings is 2. The van der Waals surface area contributed by atoms with Crippen LogP contribution in [0.3, 0.4) is 0 Å². The van der Waals surface area contributed by atoms with E-state index in [1.165, 1.54) is 21.1 Å². The second kappa shape index (κ2) is 9.13. The first-order chi connectivity index (χ1) is 15.7. The van der Waals surface area contributed by atoms with Crippen LogP contribution in [-0.2, 0) is 14.8 Å². The first-order valence-corrected chi connectivity index (χ1v) is 13.0. The van der Waals surface area contributed by atoms with Crippen LogP contribution in [0.4, 0.5) is 11.4 Å². The molecule has 0 aliphatic carbocycles. The van der Waals surface area contributed by atoms with Crippen LogP contribution in [0.15, 0.2) is 36.4 Å². The molecule has 1 atom stereocenters. The first-order valence-electron chi connectivity index (χ1n) is 11.2. The zero-order valence-electron chi connectivity index (χ0n) is 19.6. The highest BCUT2D eigenvalue weighted by Crippen LogP contribution is 2.35. The van der Waals surface area contributed by atoms with Gasteiger partial charge in [0.1, 0.15) is 19.3 Å². The zero-order chi connectivity index (χ0) is 23.8. The molecule has 8 nitrogen and oxygen atoms in total. The van der Waals surface area contributed by atoms with Crippen molar-refractivity contribution in [1.29, 1.82) is 0 Å². The van der Waals surface area contributed by atoms with E-state index in [4.69, 9.17) is 9.47 Å². The molecule has 2 aliphatic heterocycles. The minimum Gasteiger partial charge on any atom is -0.486 e. The lowest BCUT2D eigenvalue weighted by atomic mass is 10.1. The fourth-order valence-corrected chi connectivity index (χ4v) is 5.64. The normalized spacial score (nSPS) is 17.0. The molecule has 2 heterocycles. The van der Waals surface area contributed by atoms with Gasteiger partial charge in [-0.05, 0) is 50.1 Å². The van der Waals surface area contributed by atoms with E-state index < -0.39 is 16.1 Å². The molecule has 0 saturated carbocycles. The maximum absolute atomic E-state index is 13.4. The van der Waals surface area contributed by atoms with Crippen molar-refractivity contribution in [1.82, 2.24) is 4.90 Å². The highest BCUT2D eigenvalue weighted by molar-refractivity contribution is 7.92. The summed E-state index contributed by atoms with van der Waals surface area (Å²) in [6.07, 6.45) is 1.12. The van der Waals surface area contributed by atoms with Gasteiger partial charge in [-0.25, -0.2) is 8.42 Å². The number of rotatable bonds is 5. The molecular formula is C24H31N3O5S. The number of carbonyl (C=O) groups is 1. The summed E-state index contributed by atoms with van der Waals surface area (Å²) in [5.41, 5.74) is 4.05. The summed E-state index contributed by atoms with van der Waals surface area (Å²) in [6.45, 7) is 9.16. The Balaban J connectivity index is 1.50. The van der Waals surface area contributed by atoms with Crippen molar-refractivity contribution in [2.45, 2.75) is 26.8 Å². The summed E-state index contributed by atoms with van der Waals surface area (Å²) >= 11 is 0. The summed E-state index contributed by atoms with van der Waals surface area (Å²) < 4.78 is 37.7. The Bertz CT molecular complexity index is 1140. The number of anilines is 2. The SMILES string of the molecule is Cc1cccc(N2CCN(C(=O)[C@@H](C)N(c3ccc4c(c3)OCCO4)S(C)(=O)=O)CC2)c1C. The van der Waals surface area contributed by atoms with Gasteiger partial charge < -0.3 is 19.3 Å². The van der Waals surface area contributed by atoms with Crippen molar-refractivity contribution in [2.75, 3.05) is 54.9 Å². The highest BCUT2D eigenvalue weighted by atomic mass is 32.2. The van der Waals surface area contributed by atoms with Gasteiger partial charge in [-0.3, -0.25) is 9.10 Å². The molecule has 2 aromatic carbocycles. The Labute approximate surface area is 195 Å². The van der Waals surface area contributed by atoms with Crippen LogP contribution in [-0.4, -0.2) is 70.9 Å². The molecule has 0 N–H and O–H groups in total. The average Bonchev–Trinajstić information content (AvgIpc) is 2.79. The van der Waals surface area contributed by atoms with E-state index >= 15 is 0 Å². The molecule has 1 amide bonds. The molecule has 0 aromatic heterocycles. The Morgan fingerprint density at radius 2 is 1.67 bits per heavy atom. The number of carbonyl (C=O) groups excluding carboxylic acids is 1. The molecule has 0 unspecified atom stereocenters. The molecule has 178 valence electrons. The minimum absolute atomic E-state index is 0.212. The lowest BCUT2D eigenvalue weighted by Gasteiger charge is -2.39. The van der Waals surface area contributed by atoms with Crippen LogP contribution >= 0.6 is 0 Å². The third-order valence-electron chi connectivity index (χ3n) is 6.35. The smallest absolute Gasteiger partial charge is 0.246 e. The van der Waals surface area contributed by atoms with Crippen LogP contribution < -0.4 is 18.7 Å². The molecule has 0 spiro atoms. The number of hydrogen-bond acceptors (Lipinski definition) is 6. The maximum atomic E-state index is 13.4. The van der Waals surface area contributed by atoms with E-state index in [1.54, 1.807) is 30.0 Å². The van der Waals surface area contributed by atoms with Crippen LogP contribution in [0, 0.1) is 13.8 Å². The number of hydrogen-bond donors (Lipinski definition) is 0.